The van der Waals surface area contributed by atoms with Crippen molar-refractivity contribution in [2.45, 2.75) is 45.1 Å². The van der Waals surface area contributed by atoms with E-state index in [-0.39, 0.29) is 49.8 Å². The number of anilines is 1. The highest BCUT2D eigenvalue weighted by atomic mass is 19.3. The number of para-hydroxylation sites is 1. The number of carbonyl (C=O) groups is 2. The number of nitrogens with one attached hydrogen (secondary N) is 4. The van der Waals surface area contributed by atoms with Gasteiger partial charge in [0.05, 0.1) is 24.2 Å². The number of fused-ring (bicyclic) bond motifs is 1. The Kier molecular flexibility index (Phi) is 9.86. The molecule has 2 aromatic carbocycles. The summed E-state index contributed by atoms with van der Waals surface area (Å²) in [4.78, 5) is 42.1. The lowest BCUT2D eigenvalue weighted by molar-refractivity contribution is -0.159. The predicted octanol–water partition coefficient (Wildman–Crippen LogP) is 3.78. The molecule has 4 aromatic rings. The van der Waals surface area contributed by atoms with Crippen LogP contribution < -0.4 is 31.9 Å². The number of carbonyl (C=O) groups excluding carboxylic acids is 2. The van der Waals surface area contributed by atoms with Gasteiger partial charge in [0.2, 0.25) is 5.91 Å². The quantitative estimate of drug-likeness (QED) is 0.175. The van der Waals surface area contributed by atoms with Crippen LogP contribution in [-0.2, 0) is 29.1 Å². The molecule has 1 aliphatic heterocycles. The molecule has 0 spiro atoms. The molecular formula is C32H32F3N7O4. The lowest BCUT2D eigenvalue weighted by Crippen LogP contribution is -2.41. The van der Waals surface area contributed by atoms with Crippen LogP contribution in [0.2, 0.25) is 0 Å². The average molecular weight is 636 g/mol. The molecule has 240 valence electrons. The van der Waals surface area contributed by atoms with Crippen molar-refractivity contribution in [1.82, 2.24) is 30.8 Å². The van der Waals surface area contributed by atoms with Crippen LogP contribution in [0.3, 0.4) is 0 Å². The van der Waals surface area contributed by atoms with Crippen LogP contribution in [0.5, 0.6) is 5.75 Å². The van der Waals surface area contributed by atoms with E-state index in [1.807, 2.05) is 30.3 Å². The van der Waals surface area contributed by atoms with Crippen LogP contribution in [0.4, 0.5) is 18.9 Å². The first kappa shape index (κ1) is 32.0. The fourth-order valence-electron chi connectivity index (χ4n) is 4.70. The van der Waals surface area contributed by atoms with Crippen molar-refractivity contribution in [1.29, 1.82) is 0 Å². The molecule has 46 heavy (non-hydrogen) atoms. The van der Waals surface area contributed by atoms with Crippen molar-refractivity contribution >= 4 is 28.4 Å². The number of pyridine rings is 2. The maximum atomic E-state index is 14.8. The molecule has 0 aliphatic carbocycles. The van der Waals surface area contributed by atoms with E-state index >= 15 is 0 Å². The fourth-order valence-corrected chi connectivity index (χ4v) is 4.70. The summed E-state index contributed by atoms with van der Waals surface area (Å²) in [6.45, 7) is 0.670. The Morgan fingerprint density at radius 3 is 2.70 bits per heavy atom. The maximum absolute atomic E-state index is 14.8. The molecule has 1 unspecified atom stereocenters. The molecule has 1 atom stereocenters. The van der Waals surface area contributed by atoms with Crippen LogP contribution in [0.25, 0.3) is 10.9 Å². The van der Waals surface area contributed by atoms with Crippen molar-refractivity contribution in [2.24, 2.45) is 0 Å². The average Bonchev–Trinajstić information content (AvgIpc) is 3.47. The van der Waals surface area contributed by atoms with Gasteiger partial charge < -0.3 is 19.9 Å². The molecule has 1 aliphatic rings. The minimum absolute atomic E-state index is 0.0159. The number of aryl methyl sites for hydroxylation is 1. The number of benzene rings is 2. The first-order valence-corrected chi connectivity index (χ1v) is 14.4. The first-order valence-electron chi connectivity index (χ1n) is 14.4. The Morgan fingerprint density at radius 2 is 1.89 bits per heavy atom. The lowest BCUT2D eigenvalue weighted by atomic mass is 10.2. The summed E-state index contributed by atoms with van der Waals surface area (Å²) in [5, 5.41) is 7.69. The number of nitrogens with zero attached hydrogens (tertiary/aromatic N) is 3. The van der Waals surface area contributed by atoms with Gasteiger partial charge in [0, 0.05) is 49.6 Å². The summed E-state index contributed by atoms with van der Waals surface area (Å²) in [7, 11) is 0. The highest BCUT2D eigenvalue weighted by Gasteiger charge is 2.23. The van der Waals surface area contributed by atoms with Crippen molar-refractivity contribution in [2.75, 3.05) is 11.9 Å². The number of aromatic nitrogens is 2. The van der Waals surface area contributed by atoms with Crippen molar-refractivity contribution in [3.63, 3.8) is 0 Å². The largest absolute Gasteiger partial charge is 0.433 e. The van der Waals surface area contributed by atoms with Crippen LogP contribution in [0.1, 0.15) is 24.6 Å². The van der Waals surface area contributed by atoms with Gasteiger partial charge in [-0.1, -0.05) is 36.4 Å². The molecule has 0 fully saturated rings. The second kappa shape index (κ2) is 14.2. The Hall–Kier alpha value is -5.37. The summed E-state index contributed by atoms with van der Waals surface area (Å²) >= 11 is 0. The normalized spacial score (nSPS) is 13.6. The molecule has 14 heteroatoms. The zero-order valence-electron chi connectivity index (χ0n) is 24.8. The molecule has 3 heterocycles. The van der Waals surface area contributed by atoms with Gasteiger partial charge in [-0.3, -0.25) is 29.8 Å². The Labute approximate surface area is 262 Å². The minimum atomic E-state index is -3.33. The fraction of sp³-hybridized carbons (Fsp3) is 0.250. The van der Waals surface area contributed by atoms with Gasteiger partial charge >= 0.3 is 6.11 Å². The van der Waals surface area contributed by atoms with Crippen molar-refractivity contribution in [3.8, 4) is 5.75 Å². The number of ether oxygens (including phenoxy) is 1. The first-order chi connectivity index (χ1) is 22.0. The number of hydrogen-bond acceptors (Lipinski definition) is 8. The topological polar surface area (TPSA) is 130 Å². The van der Waals surface area contributed by atoms with E-state index in [9.17, 15) is 27.6 Å². The molecule has 0 saturated carbocycles. The van der Waals surface area contributed by atoms with E-state index in [4.69, 9.17) is 0 Å². The SMILES string of the molecule is CC(F)(F)Oc1cccc(CNC(=O)C2=CN(CC(F)CCn3ccc(NC(=O)Cc4ccc5ccccc5n4)cc3=O)NN2)c1. The number of alkyl halides is 3. The van der Waals surface area contributed by atoms with E-state index in [2.05, 4.69) is 31.3 Å². The summed E-state index contributed by atoms with van der Waals surface area (Å²) in [6.07, 6.45) is -1.74. The summed E-state index contributed by atoms with van der Waals surface area (Å²) in [5.74, 6) is -0.848. The third-order valence-corrected chi connectivity index (χ3v) is 6.87. The predicted molar refractivity (Wildman–Crippen MR) is 165 cm³/mol. The third-order valence-electron chi connectivity index (χ3n) is 6.87. The standard InChI is InChI=1S/C32H32F3N7O4/c1-32(34,35)46-26-7-4-5-21(15-26)18-36-31(45)28-20-42(40-39-28)19-23(33)11-13-41-14-12-25(17-30(41)44)38-29(43)16-24-10-9-22-6-2-3-8-27(22)37-24/h2-10,12,14-15,17,20,23,39-40H,11,13,16,18-19H2,1H3,(H,36,45)(H,38,43). The van der Waals surface area contributed by atoms with E-state index in [1.165, 1.54) is 46.2 Å². The molecular weight excluding hydrogens is 603 g/mol. The second-order valence-electron chi connectivity index (χ2n) is 10.7. The molecule has 0 saturated heterocycles. The zero-order valence-corrected chi connectivity index (χ0v) is 24.8. The molecule has 0 radical (unpaired) electrons. The number of hydrazine groups is 2. The van der Waals surface area contributed by atoms with Gasteiger partial charge in [-0.05, 0) is 42.3 Å². The highest BCUT2D eigenvalue weighted by molar-refractivity contribution is 5.93. The van der Waals surface area contributed by atoms with Gasteiger partial charge in [0.1, 0.15) is 17.6 Å². The van der Waals surface area contributed by atoms with Gasteiger partial charge in [0.15, 0.2) is 0 Å². The third kappa shape index (κ3) is 9.08. The van der Waals surface area contributed by atoms with Crippen molar-refractivity contribution < 1.29 is 27.5 Å². The molecule has 4 N–H and O–H groups in total. The zero-order chi connectivity index (χ0) is 32.7. The van der Waals surface area contributed by atoms with Crippen LogP contribution in [0.15, 0.2) is 95.7 Å². The second-order valence-corrected chi connectivity index (χ2v) is 10.7. The number of amides is 2. The minimum Gasteiger partial charge on any atom is -0.433 e. The highest BCUT2D eigenvalue weighted by Crippen LogP contribution is 2.22. The van der Waals surface area contributed by atoms with Crippen LogP contribution >= 0.6 is 0 Å². The van der Waals surface area contributed by atoms with E-state index in [0.717, 1.165) is 10.9 Å². The Bertz CT molecular complexity index is 1810. The number of rotatable bonds is 13. The number of halogens is 3. The molecule has 11 nitrogen and oxygen atoms in total. The Balaban J connectivity index is 1.05. The number of hydrogen-bond donors (Lipinski definition) is 4. The maximum Gasteiger partial charge on any atom is 0.394 e. The van der Waals surface area contributed by atoms with Crippen molar-refractivity contribution in [3.05, 3.63) is 113 Å². The van der Waals surface area contributed by atoms with Crippen LogP contribution in [-0.4, -0.2) is 45.2 Å². The van der Waals surface area contributed by atoms with E-state index in [0.29, 0.717) is 23.9 Å². The Morgan fingerprint density at radius 1 is 1.07 bits per heavy atom. The summed E-state index contributed by atoms with van der Waals surface area (Å²) in [6, 6.07) is 20.1. The molecule has 2 aromatic heterocycles. The van der Waals surface area contributed by atoms with E-state index in [1.54, 1.807) is 18.2 Å². The molecule has 5 rings (SSSR count). The van der Waals surface area contributed by atoms with Gasteiger partial charge in [-0.15, -0.1) is 5.53 Å². The van der Waals surface area contributed by atoms with Crippen LogP contribution in [0, 0.1) is 0 Å². The summed E-state index contributed by atoms with van der Waals surface area (Å²) < 4.78 is 46.9. The van der Waals surface area contributed by atoms with Gasteiger partial charge in [-0.2, -0.15) is 8.78 Å². The smallest absolute Gasteiger partial charge is 0.394 e. The monoisotopic (exact) mass is 635 g/mol. The lowest BCUT2D eigenvalue weighted by Gasteiger charge is -2.18. The van der Waals surface area contributed by atoms with Gasteiger partial charge in [0.25, 0.3) is 11.5 Å². The van der Waals surface area contributed by atoms with Gasteiger partial charge in [-0.25, -0.2) is 4.39 Å². The summed E-state index contributed by atoms with van der Waals surface area (Å²) in [5.41, 5.74) is 7.35. The molecule has 0 bridgehead atoms. The van der Waals surface area contributed by atoms with E-state index < -0.39 is 23.7 Å². The molecule has 2 amide bonds.